The topological polar surface area (TPSA) is 84.9 Å². The van der Waals surface area contributed by atoms with Crippen LogP contribution in [0, 0.1) is 11.3 Å². The minimum absolute atomic E-state index is 0.0943. The molecule has 0 saturated heterocycles. The van der Waals surface area contributed by atoms with Crippen LogP contribution in [-0.2, 0) is 14.3 Å². The molecule has 6 heteroatoms. The number of carbonyl (C=O) groups is 2. The molecule has 0 aromatic carbocycles. The standard InChI is InChI=1S/C22H41NO5/c1-5-6-10-13-27-17-21(4,14-18(2)3)28-20(26)23-16-22(15-19(24)25)11-8-7-9-12-22/h18H,5-17H2,1-4H3,(H,23,26)(H,24,25). The van der Waals surface area contributed by atoms with Crippen molar-refractivity contribution in [2.45, 2.75) is 97.5 Å². The van der Waals surface area contributed by atoms with E-state index in [2.05, 4.69) is 26.1 Å². The van der Waals surface area contributed by atoms with Gasteiger partial charge in [0.1, 0.15) is 5.60 Å². The quantitative estimate of drug-likeness (QED) is 0.418. The maximum absolute atomic E-state index is 12.5. The van der Waals surface area contributed by atoms with Crippen LogP contribution in [0.5, 0.6) is 0 Å². The van der Waals surface area contributed by atoms with Crippen LogP contribution in [0.1, 0.15) is 91.9 Å². The van der Waals surface area contributed by atoms with Gasteiger partial charge in [0.2, 0.25) is 0 Å². The van der Waals surface area contributed by atoms with Crippen LogP contribution >= 0.6 is 0 Å². The number of carboxylic acid groups (broad SMARTS) is 1. The molecule has 0 aliphatic heterocycles. The molecular formula is C22H41NO5. The van der Waals surface area contributed by atoms with Gasteiger partial charge in [-0.3, -0.25) is 4.79 Å². The lowest BCUT2D eigenvalue weighted by atomic mass is 9.72. The van der Waals surface area contributed by atoms with Crippen molar-refractivity contribution in [3.05, 3.63) is 0 Å². The van der Waals surface area contributed by atoms with Gasteiger partial charge in [0.25, 0.3) is 0 Å². The van der Waals surface area contributed by atoms with Crippen molar-refractivity contribution in [1.29, 1.82) is 0 Å². The second kappa shape index (κ2) is 12.3. The van der Waals surface area contributed by atoms with Gasteiger partial charge in [-0.05, 0) is 43.9 Å². The average Bonchev–Trinajstić information content (AvgIpc) is 2.59. The van der Waals surface area contributed by atoms with E-state index in [4.69, 9.17) is 9.47 Å². The zero-order chi connectivity index (χ0) is 21.0. The highest BCUT2D eigenvalue weighted by Crippen LogP contribution is 2.38. The molecule has 0 aromatic rings. The van der Waals surface area contributed by atoms with Crippen LogP contribution in [0.25, 0.3) is 0 Å². The van der Waals surface area contributed by atoms with Gasteiger partial charge >= 0.3 is 12.1 Å². The number of carbonyl (C=O) groups excluding carboxylic acids is 1. The summed E-state index contributed by atoms with van der Waals surface area (Å²) in [6.45, 7) is 9.67. The molecule has 1 unspecified atom stereocenters. The summed E-state index contributed by atoms with van der Waals surface area (Å²) in [6.07, 6.45) is 8.46. The largest absolute Gasteiger partial charge is 0.481 e. The van der Waals surface area contributed by atoms with E-state index in [9.17, 15) is 14.7 Å². The number of alkyl carbamates (subject to hydrolysis) is 1. The Bertz CT molecular complexity index is 474. The minimum Gasteiger partial charge on any atom is -0.481 e. The number of ether oxygens (including phenoxy) is 2. The first kappa shape index (κ1) is 24.7. The SMILES string of the molecule is CCCCCOCC(C)(CC(C)C)OC(=O)NCC1(CC(=O)O)CCCCC1. The Morgan fingerprint density at radius 1 is 1.18 bits per heavy atom. The van der Waals surface area contributed by atoms with Crippen molar-refractivity contribution < 1.29 is 24.2 Å². The number of nitrogens with one attached hydrogen (secondary N) is 1. The lowest BCUT2D eigenvalue weighted by Gasteiger charge is -2.37. The molecule has 1 amide bonds. The summed E-state index contributed by atoms with van der Waals surface area (Å²) < 4.78 is 11.6. The van der Waals surface area contributed by atoms with E-state index >= 15 is 0 Å². The Hall–Kier alpha value is -1.30. The number of hydrogen-bond donors (Lipinski definition) is 2. The van der Waals surface area contributed by atoms with Gasteiger partial charge < -0.3 is 19.9 Å². The zero-order valence-corrected chi connectivity index (χ0v) is 18.3. The Balaban J connectivity index is 2.59. The Labute approximate surface area is 170 Å². The van der Waals surface area contributed by atoms with E-state index in [-0.39, 0.29) is 11.8 Å². The first-order chi connectivity index (χ1) is 13.2. The molecule has 0 bridgehead atoms. The predicted molar refractivity (Wildman–Crippen MR) is 110 cm³/mol. The molecule has 6 nitrogen and oxygen atoms in total. The zero-order valence-electron chi connectivity index (χ0n) is 18.3. The molecule has 164 valence electrons. The van der Waals surface area contributed by atoms with Gasteiger partial charge in [0, 0.05) is 13.2 Å². The minimum atomic E-state index is -0.804. The van der Waals surface area contributed by atoms with Crippen molar-refractivity contribution >= 4 is 12.1 Å². The number of hydrogen-bond acceptors (Lipinski definition) is 4. The van der Waals surface area contributed by atoms with Crippen molar-refractivity contribution in [2.75, 3.05) is 19.8 Å². The molecule has 0 spiro atoms. The maximum Gasteiger partial charge on any atom is 0.407 e. The fourth-order valence-corrected chi connectivity index (χ4v) is 4.29. The monoisotopic (exact) mass is 399 g/mol. The molecule has 1 aliphatic carbocycles. The first-order valence-corrected chi connectivity index (χ1v) is 11.0. The van der Waals surface area contributed by atoms with Crippen molar-refractivity contribution in [3.8, 4) is 0 Å². The van der Waals surface area contributed by atoms with E-state index in [1.54, 1.807) is 0 Å². The molecule has 1 atom stereocenters. The van der Waals surface area contributed by atoms with Crippen molar-refractivity contribution in [3.63, 3.8) is 0 Å². The fourth-order valence-electron chi connectivity index (χ4n) is 4.29. The lowest BCUT2D eigenvalue weighted by Crippen LogP contribution is -2.45. The summed E-state index contributed by atoms with van der Waals surface area (Å²) in [5, 5.41) is 12.1. The van der Waals surface area contributed by atoms with E-state index in [1.165, 1.54) is 0 Å². The maximum atomic E-state index is 12.5. The van der Waals surface area contributed by atoms with Gasteiger partial charge in [-0.1, -0.05) is 52.9 Å². The summed E-state index contributed by atoms with van der Waals surface area (Å²) in [7, 11) is 0. The molecule has 1 fully saturated rings. The third kappa shape index (κ3) is 9.76. The summed E-state index contributed by atoms with van der Waals surface area (Å²) in [5.74, 6) is -0.434. The van der Waals surface area contributed by atoms with Crippen LogP contribution in [0.3, 0.4) is 0 Å². The number of aliphatic carboxylic acids is 1. The third-order valence-corrected chi connectivity index (χ3v) is 5.53. The van der Waals surface area contributed by atoms with Crippen molar-refractivity contribution in [1.82, 2.24) is 5.32 Å². The van der Waals surface area contributed by atoms with Gasteiger partial charge in [0.15, 0.2) is 0 Å². The van der Waals surface area contributed by atoms with Gasteiger partial charge in [0.05, 0.1) is 13.0 Å². The molecule has 1 aliphatic rings. The Kier molecular flexibility index (Phi) is 10.9. The molecule has 0 radical (unpaired) electrons. The van der Waals surface area contributed by atoms with Crippen LogP contribution in [0.15, 0.2) is 0 Å². The van der Waals surface area contributed by atoms with E-state index < -0.39 is 17.7 Å². The fraction of sp³-hybridized carbons (Fsp3) is 0.909. The van der Waals surface area contributed by atoms with E-state index in [1.807, 2.05) is 6.92 Å². The normalized spacial score (nSPS) is 18.5. The van der Waals surface area contributed by atoms with Gasteiger partial charge in [-0.15, -0.1) is 0 Å². The van der Waals surface area contributed by atoms with Gasteiger partial charge in [-0.25, -0.2) is 4.79 Å². The third-order valence-electron chi connectivity index (χ3n) is 5.53. The summed E-state index contributed by atoms with van der Waals surface area (Å²) in [5.41, 5.74) is -1.04. The average molecular weight is 400 g/mol. The highest BCUT2D eigenvalue weighted by atomic mass is 16.6. The summed E-state index contributed by atoms with van der Waals surface area (Å²) in [6, 6.07) is 0. The predicted octanol–water partition coefficient (Wildman–Crippen LogP) is 5.15. The van der Waals surface area contributed by atoms with E-state index in [0.29, 0.717) is 32.1 Å². The number of amides is 1. The second-order valence-corrected chi connectivity index (χ2v) is 9.18. The Morgan fingerprint density at radius 3 is 2.43 bits per heavy atom. The van der Waals surface area contributed by atoms with Crippen LogP contribution in [-0.4, -0.2) is 42.5 Å². The molecule has 28 heavy (non-hydrogen) atoms. The molecular weight excluding hydrogens is 358 g/mol. The molecule has 0 aromatic heterocycles. The highest BCUT2D eigenvalue weighted by molar-refractivity contribution is 5.69. The van der Waals surface area contributed by atoms with Crippen LogP contribution < -0.4 is 5.32 Å². The number of rotatable bonds is 13. The summed E-state index contributed by atoms with van der Waals surface area (Å²) >= 11 is 0. The van der Waals surface area contributed by atoms with Crippen molar-refractivity contribution in [2.24, 2.45) is 11.3 Å². The number of carboxylic acids is 1. The molecule has 1 saturated carbocycles. The second-order valence-electron chi connectivity index (χ2n) is 9.18. The summed E-state index contributed by atoms with van der Waals surface area (Å²) in [4.78, 5) is 23.8. The Morgan fingerprint density at radius 2 is 1.86 bits per heavy atom. The van der Waals surface area contributed by atoms with Crippen LogP contribution in [0.2, 0.25) is 0 Å². The van der Waals surface area contributed by atoms with Gasteiger partial charge in [-0.2, -0.15) is 0 Å². The molecule has 2 N–H and O–H groups in total. The first-order valence-electron chi connectivity index (χ1n) is 11.0. The lowest BCUT2D eigenvalue weighted by molar-refractivity contribution is -0.140. The molecule has 0 heterocycles. The molecule has 1 rings (SSSR count). The smallest absolute Gasteiger partial charge is 0.407 e. The van der Waals surface area contributed by atoms with Crippen LogP contribution in [0.4, 0.5) is 4.79 Å². The highest BCUT2D eigenvalue weighted by Gasteiger charge is 2.36. The number of unbranched alkanes of at least 4 members (excludes halogenated alkanes) is 2. The van der Waals surface area contributed by atoms with E-state index in [0.717, 1.165) is 51.4 Å².